The fourth-order valence-corrected chi connectivity index (χ4v) is 4.70. The predicted octanol–water partition coefficient (Wildman–Crippen LogP) is 1.92. The maximum atomic E-state index is 13.0. The summed E-state index contributed by atoms with van der Waals surface area (Å²) in [4.78, 5) is 37.9. The van der Waals surface area contributed by atoms with Crippen molar-refractivity contribution in [3.05, 3.63) is 59.2 Å². The van der Waals surface area contributed by atoms with Gasteiger partial charge in [0.1, 0.15) is 6.33 Å². The van der Waals surface area contributed by atoms with E-state index in [1.807, 2.05) is 49.1 Å². The first kappa shape index (κ1) is 20.5. The molecule has 3 heterocycles. The quantitative estimate of drug-likeness (QED) is 0.740. The average Bonchev–Trinajstić information content (AvgIpc) is 3.30. The van der Waals surface area contributed by atoms with Gasteiger partial charge in [-0.05, 0) is 50.8 Å². The van der Waals surface area contributed by atoms with E-state index in [9.17, 15) is 9.59 Å². The van der Waals surface area contributed by atoms with Gasteiger partial charge in [0.15, 0.2) is 0 Å². The van der Waals surface area contributed by atoms with Crippen LogP contribution in [0.3, 0.4) is 0 Å². The molecule has 1 aromatic carbocycles. The molecule has 0 saturated carbocycles. The van der Waals surface area contributed by atoms with E-state index in [1.165, 1.54) is 6.33 Å². The minimum atomic E-state index is -0.0153. The normalized spacial score (nSPS) is 20.9. The molecule has 2 amide bonds. The first-order valence-corrected chi connectivity index (χ1v) is 10.7. The lowest BCUT2D eigenvalue weighted by Crippen LogP contribution is -2.35. The van der Waals surface area contributed by atoms with Crippen LogP contribution >= 0.6 is 0 Å². The van der Waals surface area contributed by atoms with Crippen LogP contribution in [0.2, 0.25) is 0 Å². The van der Waals surface area contributed by atoms with E-state index in [-0.39, 0.29) is 11.8 Å². The van der Waals surface area contributed by atoms with E-state index in [4.69, 9.17) is 0 Å². The van der Waals surface area contributed by atoms with Crippen LogP contribution in [0.25, 0.3) is 0 Å². The molecular weight excluding hydrogens is 378 g/mol. The lowest BCUT2D eigenvalue weighted by atomic mass is 10.0. The van der Waals surface area contributed by atoms with Gasteiger partial charge in [0.25, 0.3) is 11.8 Å². The number of aromatic nitrogens is 2. The molecule has 2 unspecified atom stereocenters. The Balaban J connectivity index is 1.21. The SMILES string of the molecule is Cc1ncnc(C)c1C(=O)N1CC2CN(CCCNC(=O)c3ccccc3)CC2C1. The van der Waals surface area contributed by atoms with Gasteiger partial charge in [-0.15, -0.1) is 0 Å². The zero-order valence-corrected chi connectivity index (χ0v) is 17.7. The Hall–Kier alpha value is -2.80. The van der Waals surface area contributed by atoms with Gasteiger partial charge in [-0.25, -0.2) is 9.97 Å². The molecule has 2 fully saturated rings. The number of likely N-dealkylation sites (tertiary alicyclic amines) is 2. The highest BCUT2D eigenvalue weighted by molar-refractivity contribution is 5.96. The van der Waals surface area contributed by atoms with Crippen molar-refractivity contribution in [2.75, 3.05) is 39.3 Å². The maximum Gasteiger partial charge on any atom is 0.257 e. The van der Waals surface area contributed by atoms with Crippen LogP contribution in [-0.2, 0) is 0 Å². The van der Waals surface area contributed by atoms with Crippen LogP contribution in [0.4, 0.5) is 0 Å². The van der Waals surface area contributed by atoms with Crippen molar-refractivity contribution in [2.24, 2.45) is 11.8 Å². The van der Waals surface area contributed by atoms with Crippen LogP contribution in [0.1, 0.15) is 38.5 Å². The maximum absolute atomic E-state index is 13.0. The van der Waals surface area contributed by atoms with Crippen LogP contribution in [0.15, 0.2) is 36.7 Å². The first-order valence-electron chi connectivity index (χ1n) is 10.7. The molecule has 1 N–H and O–H groups in total. The number of fused-ring (bicyclic) bond motifs is 1. The van der Waals surface area contributed by atoms with Crippen molar-refractivity contribution in [1.82, 2.24) is 25.1 Å². The molecule has 4 rings (SSSR count). The Morgan fingerprint density at radius 1 is 1.00 bits per heavy atom. The summed E-state index contributed by atoms with van der Waals surface area (Å²) in [6.45, 7) is 9.04. The molecule has 2 saturated heterocycles. The van der Waals surface area contributed by atoms with E-state index < -0.39 is 0 Å². The lowest BCUT2D eigenvalue weighted by Gasteiger charge is -2.22. The summed E-state index contributed by atoms with van der Waals surface area (Å²) >= 11 is 0. The second-order valence-corrected chi connectivity index (χ2v) is 8.38. The topological polar surface area (TPSA) is 78.4 Å². The molecule has 0 radical (unpaired) electrons. The van der Waals surface area contributed by atoms with Crippen molar-refractivity contribution >= 4 is 11.8 Å². The van der Waals surface area contributed by atoms with Crippen molar-refractivity contribution in [3.63, 3.8) is 0 Å². The van der Waals surface area contributed by atoms with Gasteiger partial charge in [-0.3, -0.25) is 9.59 Å². The van der Waals surface area contributed by atoms with Crippen LogP contribution in [-0.4, -0.2) is 70.9 Å². The van der Waals surface area contributed by atoms with Crippen LogP contribution in [0.5, 0.6) is 0 Å². The van der Waals surface area contributed by atoms with Crippen molar-refractivity contribution < 1.29 is 9.59 Å². The van der Waals surface area contributed by atoms with Gasteiger partial charge < -0.3 is 15.1 Å². The number of carbonyl (C=O) groups is 2. The molecule has 30 heavy (non-hydrogen) atoms. The number of aryl methyl sites for hydroxylation is 2. The summed E-state index contributed by atoms with van der Waals surface area (Å²) in [6.07, 6.45) is 2.45. The zero-order chi connectivity index (χ0) is 21.1. The number of nitrogens with one attached hydrogen (secondary N) is 1. The summed E-state index contributed by atoms with van der Waals surface area (Å²) in [5, 5.41) is 2.99. The Morgan fingerprint density at radius 3 is 2.27 bits per heavy atom. The smallest absolute Gasteiger partial charge is 0.257 e. The zero-order valence-electron chi connectivity index (χ0n) is 17.7. The van der Waals surface area contributed by atoms with E-state index in [2.05, 4.69) is 20.2 Å². The van der Waals surface area contributed by atoms with Gasteiger partial charge in [0.2, 0.25) is 0 Å². The molecule has 0 spiro atoms. The fraction of sp³-hybridized carbons (Fsp3) is 0.478. The summed E-state index contributed by atoms with van der Waals surface area (Å²) in [5.74, 6) is 1.10. The third-order valence-electron chi connectivity index (χ3n) is 6.26. The summed E-state index contributed by atoms with van der Waals surface area (Å²) in [6, 6.07) is 9.31. The minimum Gasteiger partial charge on any atom is -0.352 e. The molecule has 2 atom stereocenters. The standard InChI is InChI=1S/C23H29N5O2/c1-16-21(17(2)26-15-25-16)23(30)28-13-19-11-27(12-20(19)14-28)10-6-9-24-22(29)18-7-4-3-5-8-18/h3-5,7-8,15,19-20H,6,9-14H2,1-2H3,(H,24,29). The molecular formula is C23H29N5O2. The van der Waals surface area contributed by atoms with Gasteiger partial charge in [0.05, 0.1) is 17.0 Å². The molecule has 2 aliphatic rings. The number of carbonyl (C=O) groups excluding carboxylic acids is 2. The lowest BCUT2D eigenvalue weighted by molar-refractivity contribution is 0.0771. The highest BCUT2D eigenvalue weighted by Gasteiger charge is 2.41. The van der Waals surface area contributed by atoms with Crippen molar-refractivity contribution in [1.29, 1.82) is 0 Å². The van der Waals surface area contributed by atoms with Gasteiger partial charge >= 0.3 is 0 Å². The van der Waals surface area contributed by atoms with E-state index in [1.54, 1.807) is 0 Å². The molecule has 2 aliphatic heterocycles. The van der Waals surface area contributed by atoms with Crippen LogP contribution in [0, 0.1) is 25.7 Å². The number of benzene rings is 1. The number of rotatable bonds is 6. The average molecular weight is 408 g/mol. The molecule has 2 aromatic rings. The third-order valence-corrected chi connectivity index (χ3v) is 6.26. The fourth-order valence-electron chi connectivity index (χ4n) is 4.70. The second-order valence-electron chi connectivity index (χ2n) is 8.38. The molecule has 0 aliphatic carbocycles. The van der Waals surface area contributed by atoms with Crippen LogP contribution < -0.4 is 5.32 Å². The van der Waals surface area contributed by atoms with Gasteiger partial charge in [-0.1, -0.05) is 18.2 Å². The summed E-state index contributed by atoms with van der Waals surface area (Å²) in [5.41, 5.74) is 2.86. The van der Waals surface area contributed by atoms with E-state index in [0.717, 1.165) is 50.5 Å². The molecule has 0 bridgehead atoms. The Kier molecular flexibility index (Phi) is 6.08. The largest absolute Gasteiger partial charge is 0.352 e. The molecule has 158 valence electrons. The van der Waals surface area contributed by atoms with Crippen molar-refractivity contribution in [3.8, 4) is 0 Å². The number of hydrogen-bond donors (Lipinski definition) is 1. The number of amides is 2. The number of hydrogen-bond acceptors (Lipinski definition) is 5. The summed E-state index contributed by atoms with van der Waals surface area (Å²) < 4.78 is 0. The molecule has 1 aromatic heterocycles. The monoisotopic (exact) mass is 407 g/mol. The highest BCUT2D eigenvalue weighted by Crippen LogP contribution is 2.32. The molecule has 7 heteroatoms. The third kappa shape index (κ3) is 4.36. The Bertz CT molecular complexity index is 883. The van der Waals surface area contributed by atoms with Gasteiger partial charge in [0, 0.05) is 38.3 Å². The van der Waals surface area contributed by atoms with Crippen molar-refractivity contribution in [2.45, 2.75) is 20.3 Å². The van der Waals surface area contributed by atoms with E-state index in [0.29, 0.717) is 29.5 Å². The van der Waals surface area contributed by atoms with E-state index >= 15 is 0 Å². The highest BCUT2D eigenvalue weighted by atomic mass is 16.2. The Morgan fingerprint density at radius 2 is 1.63 bits per heavy atom. The predicted molar refractivity (Wildman–Crippen MR) is 114 cm³/mol. The summed E-state index contributed by atoms with van der Waals surface area (Å²) in [7, 11) is 0. The minimum absolute atomic E-state index is 0.0153. The molecule has 7 nitrogen and oxygen atoms in total. The second kappa shape index (κ2) is 8.92. The Labute approximate surface area is 177 Å². The van der Waals surface area contributed by atoms with Gasteiger partial charge in [-0.2, -0.15) is 0 Å². The first-order chi connectivity index (χ1) is 14.5. The number of nitrogens with zero attached hydrogens (tertiary/aromatic N) is 4.